The van der Waals surface area contributed by atoms with E-state index in [9.17, 15) is 18.0 Å². The van der Waals surface area contributed by atoms with Crippen molar-refractivity contribution < 1.29 is 22.7 Å². The van der Waals surface area contributed by atoms with Gasteiger partial charge in [-0.2, -0.15) is 5.10 Å². The van der Waals surface area contributed by atoms with Crippen LogP contribution in [-0.4, -0.2) is 51.0 Å². The molecule has 0 saturated heterocycles. The normalized spacial score (nSPS) is 14.3. The zero-order valence-corrected chi connectivity index (χ0v) is 20.2. The van der Waals surface area contributed by atoms with Crippen LogP contribution in [0.25, 0.3) is 0 Å². The van der Waals surface area contributed by atoms with Crippen LogP contribution < -0.4 is 15.1 Å². The molecule has 0 aromatic heterocycles. The lowest BCUT2D eigenvalue weighted by molar-refractivity contribution is -0.118. The van der Waals surface area contributed by atoms with Gasteiger partial charge in [0, 0.05) is 32.6 Å². The Morgan fingerprint density at radius 2 is 1.88 bits per heavy atom. The standard InChI is InChI=1S/C23H28N4O5S/c1-6-32-20-11-9-17(14-21(20)33(30,31)26(4)5)24-23(29)18-10-12-22(28)27(25-18)19-13-15(2)7-8-16(19)3/h7-9,11,13-14H,6,10,12H2,1-5H3,(H,24,29). The van der Waals surface area contributed by atoms with Crippen LogP contribution in [0.3, 0.4) is 0 Å². The lowest BCUT2D eigenvalue weighted by atomic mass is 10.1. The zero-order valence-electron chi connectivity index (χ0n) is 19.4. The van der Waals surface area contributed by atoms with Gasteiger partial charge in [-0.1, -0.05) is 12.1 Å². The number of hydrogen-bond acceptors (Lipinski definition) is 6. The van der Waals surface area contributed by atoms with Gasteiger partial charge in [-0.15, -0.1) is 0 Å². The Morgan fingerprint density at radius 3 is 2.55 bits per heavy atom. The molecule has 0 fully saturated rings. The van der Waals surface area contributed by atoms with Gasteiger partial charge in [0.05, 0.1) is 12.3 Å². The lowest BCUT2D eigenvalue weighted by Gasteiger charge is -2.25. The molecule has 0 spiro atoms. The van der Waals surface area contributed by atoms with Gasteiger partial charge in [0.1, 0.15) is 16.4 Å². The molecule has 176 valence electrons. The van der Waals surface area contributed by atoms with Gasteiger partial charge in [0.2, 0.25) is 15.9 Å². The number of sulfonamides is 1. The summed E-state index contributed by atoms with van der Waals surface area (Å²) in [5, 5.41) is 8.28. The van der Waals surface area contributed by atoms with Crippen LogP contribution in [0, 0.1) is 13.8 Å². The summed E-state index contributed by atoms with van der Waals surface area (Å²) in [5.74, 6) is -0.498. The third-order valence-electron chi connectivity index (χ3n) is 5.15. The molecule has 0 unspecified atom stereocenters. The maximum atomic E-state index is 12.9. The van der Waals surface area contributed by atoms with Crippen molar-refractivity contribution in [2.24, 2.45) is 5.10 Å². The summed E-state index contributed by atoms with van der Waals surface area (Å²) in [6.07, 6.45) is 0.328. The summed E-state index contributed by atoms with van der Waals surface area (Å²) >= 11 is 0. The smallest absolute Gasteiger partial charge is 0.271 e. The highest BCUT2D eigenvalue weighted by molar-refractivity contribution is 7.89. The second kappa shape index (κ2) is 9.72. The molecule has 1 heterocycles. The fourth-order valence-electron chi connectivity index (χ4n) is 3.31. The number of hydrazone groups is 1. The molecule has 0 bridgehead atoms. The van der Waals surface area contributed by atoms with Gasteiger partial charge >= 0.3 is 0 Å². The Balaban J connectivity index is 1.92. The zero-order chi connectivity index (χ0) is 24.3. The van der Waals surface area contributed by atoms with E-state index in [0.717, 1.165) is 15.4 Å². The van der Waals surface area contributed by atoms with E-state index in [1.54, 1.807) is 13.0 Å². The van der Waals surface area contributed by atoms with Crippen LogP contribution in [0.15, 0.2) is 46.4 Å². The average Bonchev–Trinajstić information content (AvgIpc) is 2.76. The molecule has 1 aliphatic heterocycles. The molecule has 3 rings (SSSR count). The molecule has 0 aliphatic carbocycles. The molecule has 33 heavy (non-hydrogen) atoms. The molecule has 10 heteroatoms. The van der Waals surface area contributed by atoms with Crippen molar-refractivity contribution in [3.63, 3.8) is 0 Å². The van der Waals surface area contributed by atoms with E-state index in [1.807, 2.05) is 32.0 Å². The average molecular weight is 473 g/mol. The molecule has 1 N–H and O–H groups in total. The minimum atomic E-state index is -3.80. The number of aryl methyl sites for hydroxylation is 2. The number of carbonyl (C=O) groups is 2. The number of nitrogens with zero attached hydrogens (tertiary/aromatic N) is 3. The predicted molar refractivity (Wildman–Crippen MR) is 127 cm³/mol. The SMILES string of the molecule is CCOc1ccc(NC(=O)C2=NN(c3cc(C)ccc3C)C(=O)CC2)cc1S(=O)(=O)N(C)C. The Labute approximate surface area is 194 Å². The summed E-state index contributed by atoms with van der Waals surface area (Å²) in [4.78, 5) is 25.4. The van der Waals surface area contributed by atoms with E-state index in [-0.39, 0.29) is 40.8 Å². The van der Waals surface area contributed by atoms with E-state index in [4.69, 9.17) is 4.74 Å². The van der Waals surface area contributed by atoms with Crippen LogP contribution in [0.5, 0.6) is 5.75 Å². The number of carbonyl (C=O) groups excluding carboxylic acids is 2. The number of anilines is 2. The summed E-state index contributed by atoms with van der Waals surface area (Å²) in [5.41, 5.74) is 2.93. The van der Waals surface area contributed by atoms with Crippen LogP contribution >= 0.6 is 0 Å². The number of benzene rings is 2. The van der Waals surface area contributed by atoms with Crippen molar-refractivity contribution in [1.29, 1.82) is 0 Å². The van der Waals surface area contributed by atoms with Crippen LogP contribution in [0.2, 0.25) is 0 Å². The van der Waals surface area contributed by atoms with Crippen molar-refractivity contribution in [2.45, 2.75) is 38.5 Å². The van der Waals surface area contributed by atoms with Gasteiger partial charge in [-0.25, -0.2) is 17.7 Å². The summed E-state index contributed by atoms with van der Waals surface area (Å²) in [6, 6.07) is 10.1. The largest absolute Gasteiger partial charge is 0.492 e. The highest BCUT2D eigenvalue weighted by Gasteiger charge is 2.28. The molecule has 1 aliphatic rings. The second-order valence-electron chi connectivity index (χ2n) is 7.88. The van der Waals surface area contributed by atoms with Crippen molar-refractivity contribution in [3.05, 3.63) is 47.5 Å². The molecule has 0 atom stereocenters. The van der Waals surface area contributed by atoms with Gasteiger partial charge in [0.25, 0.3) is 5.91 Å². The Kier molecular flexibility index (Phi) is 7.19. The van der Waals surface area contributed by atoms with Crippen molar-refractivity contribution >= 4 is 38.9 Å². The maximum Gasteiger partial charge on any atom is 0.271 e. The first kappa shape index (κ1) is 24.4. The van der Waals surface area contributed by atoms with Gasteiger partial charge < -0.3 is 10.1 Å². The van der Waals surface area contributed by atoms with Crippen LogP contribution in [-0.2, 0) is 19.6 Å². The number of rotatable bonds is 7. The third kappa shape index (κ3) is 5.23. The first-order chi connectivity index (χ1) is 15.5. The molecule has 2 aromatic carbocycles. The quantitative estimate of drug-likeness (QED) is 0.666. The van der Waals surface area contributed by atoms with E-state index in [2.05, 4.69) is 10.4 Å². The Hall–Kier alpha value is -3.24. The van der Waals surface area contributed by atoms with E-state index in [0.29, 0.717) is 12.3 Å². The molecular weight excluding hydrogens is 444 g/mol. The third-order valence-corrected chi connectivity index (χ3v) is 6.98. The highest BCUT2D eigenvalue weighted by atomic mass is 32.2. The first-order valence-corrected chi connectivity index (χ1v) is 12.0. The summed E-state index contributed by atoms with van der Waals surface area (Å²) in [7, 11) is -0.955. The summed E-state index contributed by atoms with van der Waals surface area (Å²) < 4.78 is 32.0. The van der Waals surface area contributed by atoms with Gasteiger partial charge in [-0.05, 0) is 56.2 Å². The van der Waals surface area contributed by atoms with Crippen molar-refractivity contribution in [1.82, 2.24) is 4.31 Å². The summed E-state index contributed by atoms with van der Waals surface area (Å²) in [6.45, 7) is 5.84. The van der Waals surface area contributed by atoms with Gasteiger partial charge in [-0.3, -0.25) is 9.59 Å². The van der Waals surface area contributed by atoms with Crippen molar-refractivity contribution in [3.8, 4) is 5.75 Å². The Bertz CT molecular complexity index is 1220. The van der Waals surface area contributed by atoms with E-state index in [1.165, 1.54) is 31.2 Å². The first-order valence-electron chi connectivity index (χ1n) is 10.5. The molecule has 0 saturated carbocycles. The number of hydrogen-bond donors (Lipinski definition) is 1. The fourth-order valence-corrected chi connectivity index (χ4v) is 4.37. The topological polar surface area (TPSA) is 108 Å². The molecule has 2 aromatic rings. The van der Waals surface area contributed by atoms with Gasteiger partial charge in [0.15, 0.2) is 0 Å². The molecule has 9 nitrogen and oxygen atoms in total. The minimum Gasteiger partial charge on any atom is -0.492 e. The van der Waals surface area contributed by atoms with Crippen LogP contribution in [0.4, 0.5) is 11.4 Å². The second-order valence-corrected chi connectivity index (χ2v) is 10.00. The predicted octanol–water partition coefficient (Wildman–Crippen LogP) is 3.07. The molecular formula is C23H28N4O5S. The maximum absolute atomic E-state index is 12.9. The number of ether oxygens (including phenoxy) is 1. The van der Waals surface area contributed by atoms with E-state index >= 15 is 0 Å². The molecule has 2 amide bonds. The van der Waals surface area contributed by atoms with Crippen molar-refractivity contribution in [2.75, 3.05) is 31.0 Å². The number of nitrogens with one attached hydrogen (secondary N) is 1. The minimum absolute atomic E-state index is 0.0510. The highest BCUT2D eigenvalue weighted by Crippen LogP contribution is 2.30. The fraction of sp³-hybridized carbons (Fsp3) is 0.348. The number of amides is 2. The lowest BCUT2D eigenvalue weighted by Crippen LogP contribution is -2.36. The van der Waals surface area contributed by atoms with Crippen LogP contribution in [0.1, 0.15) is 30.9 Å². The molecule has 0 radical (unpaired) electrons. The van der Waals surface area contributed by atoms with E-state index < -0.39 is 15.9 Å². The Morgan fingerprint density at radius 1 is 1.15 bits per heavy atom. The monoisotopic (exact) mass is 472 g/mol.